The van der Waals surface area contributed by atoms with Crippen molar-refractivity contribution in [3.8, 4) is 0 Å². The number of ether oxygens (including phenoxy) is 1. The molecule has 0 rings (SSSR count). The van der Waals surface area contributed by atoms with Crippen LogP contribution in [0.1, 0.15) is 309 Å². The third-order valence-electron chi connectivity index (χ3n) is 13.8. The summed E-state index contributed by atoms with van der Waals surface area (Å²) in [6.45, 7) is 4.84. The molecule has 1 amide bonds. The molecule has 0 saturated carbocycles. The Balaban J connectivity index is 3.55. The van der Waals surface area contributed by atoms with Gasteiger partial charge in [0.25, 0.3) is 0 Å². The maximum Gasteiger partial charge on any atom is 0.305 e. The van der Waals surface area contributed by atoms with Crippen molar-refractivity contribution >= 4 is 11.9 Å². The van der Waals surface area contributed by atoms with Gasteiger partial charge in [-0.15, -0.1) is 0 Å². The number of nitrogens with one attached hydrogen (secondary N) is 1. The van der Waals surface area contributed by atoms with E-state index in [1.165, 1.54) is 199 Å². The summed E-state index contributed by atoms with van der Waals surface area (Å²) in [6.07, 6.45) is 76.8. The van der Waals surface area contributed by atoms with Gasteiger partial charge in [0.2, 0.25) is 5.91 Å². The maximum atomic E-state index is 12.5. The Labute approximate surface area is 435 Å². The van der Waals surface area contributed by atoms with Crippen LogP contribution < -0.4 is 5.32 Å². The van der Waals surface area contributed by atoms with E-state index in [2.05, 4.69) is 67.8 Å². The average Bonchev–Trinajstić information content (AvgIpc) is 3.36. The van der Waals surface area contributed by atoms with Crippen LogP contribution in [0, 0.1) is 0 Å². The molecule has 2 atom stereocenters. The molecule has 3 N–H and O–H groups in total. The van der Waals surface area contributed by atoms with Crippen LogP contribution in [0.15, 0.2) is 60.8 Å². The zero-order valence-corrected chi connectivity index (χ0v) is 46.5. The standard InChI is InChI=1S/C64H117NO5/c1-3-5-7-9-11-13-15-17-19-21-23-24-25-28-32-36-40-44-48-52-56-62(67)61(60-66)65-63(68)57-53-49-45-41-37-33-29-27-31-35-39-43-47-51-55-59-70-64(69)58-54-50-46-42-38-34-30-26-22-20-18-16-14-12-10-8-6-4-2/h14,16,20,22,27,31,35,39,52,56,61-62,66-67H,3-13,15,17-19,21,23-26,28-30,32-34,36-38,40-51,53-55,57-60H2,1-2H3,(H,65,68)/b16-14-,22-20-,31-27-,39-35-,56-52+. The minimum atomic E-state index is -0.861. The first-order chi connectivity index (χ1) is 34.5. The van der Waals surface area contributed by atoms with Crippen molar-refractivity contribution in [2.45, 2.75) is 321 Å². The van der Waals surface area contributed by atoms with E-state index < -0.39 is 12.1 Å². The van der Waals surface area contributed by atoms with Crippen LogP contribution in [-0.2, 0) is 14.3 Å². The second-order valence-electron chi connectivity index (χ2n) is 20.7. The summed E-state index contributed by atoms with van der Waals surface area (Å²) in [5.74, 6) is -0.120. The van der Waals surface area contributed by atoms with Crippen LogP contribution >= 0.6 is 0 Å². The van der Waals surface area contributed by atoms with E-state index in [9.17, 15) is 19.8 Å². The Kier molecular flexibility index (Phi) is 57.1. The van der Waals surface area contributed by atoms with E-state index in [1.807, 2.05) is 6.08 Å². The monoisotopic (exact) mass is 980 g/mol. The largest absolute Gasteiger partial charge is 0.466 e. The van der Waals surface area contributed by atoms with E-state index in [4.69, 9.17) is 4.74 Å². The third-order valence-corrected chi connectivity index (χ3v) is 13.8. The van der Waals surface area contributed by atoms with Gasteiger partial charge in [-0.1, -0.05) is 261 Å². The maximum absolute atomic E-state index is 12.5. The van der Waals surface area contributed by atoms with E-state index >= 15 is 0 Å². The summed E-state index contributed by atoms with van der Waals surface area (Å²) in [6, 6.07) is -0.647. The number of hydrogen-bond donors (Lipinski definition) is 3. The second-order valence-corrected chi connectivity index (χ2v) is 20.7. The smallest absolute Gasteiger partial charge is 0.305 e. The Morgan fingerprint density at radius 2 is 0.757 bits per heavy atom. The van der Waals surface area contributed by atoms with Gasteiger partial charge in [0, 0.05) is 12.8 Å². The minimum Gasteiger partial charge on any atom is -0.466 e. The van der Waals surface area contributed by atoms with Crippen LogP contribution in [0.25, 0.3) is 0 Å². The molecule has 0 bridgehead atoms. The van der Waals surface area contributed by atoms with Crippen molar-refractivity contribution in [1.82, 2.24) is 5.32 Å². The Morgan fingerprint density at radius 3 is 1.19 bits per heavy atom. The van der Waals surface area contributed by atoms with Crippen molar-refractivity contribution in [2.75, 3.05) is 13.2 Å². The second kappa shape index (κ2) is 59.1. The van der Waals surface area contributed by atoms with Crippen molar-refractivity contribution in [2.24, 2.45) is 0 Å². The Morgan fingerprint density at radius 1 is 0.414 bits per heavy atom. The highest BCUT2D eigenvalue weighted by molar-refractivity contribution is 5.76. The van der Waals surface area contributed by atoms with Crippen molar-refractivity contribution < 1.29 is 24.5 Å². The molecular formula is C64H117NO5. The summed E-state index contributed by atoms with van der Waals surface area (Å²) < 4.78 is 5.46. The van der Waals surface area contributed by atoms with Gasteiger partial charge < -0.3 is 20.3 Å². The quantitative estimate of drug-likeness (QED) is 0.0244. The molecule has 0 aromatic rings. The lowest BCUT2D eigenvalue weighted by atomic mass is 10.0. The number of hydrogen-bond acceptors (Lipinski definition) is 5. The summed E-state index contributed by atoms with van der Waals surface area (Å²) in [4.78, 5) is 24.6. The fraction of sp³-hybridized carbons (Fsp3) is 0.812. The molecule has 0 aliphatic heterocycles. The average molecular weight is 981 g/mol. The molecule has 70 heavy (non-hydrogen) atoms. The van der Waals surface area contributed by atoms with E-state index in [-0.39, 0.29) is 18.5 Å². The first-order valence-corrected chi connectivity index (χ1v) is 30.6. The number of carbonyl (C=O) groups excluding carboxylic acids is 2. The predicted molar refractivity (Wildman–Crippen MR) is 305 cm³/mol. The fourth-order valence-corrected chi connectivity index (χ4v) is 9.07. The number of aliphatic hydroxyl groups excluding tert-OH is 2. The highest BCUT2D eigenvalue weighted by Crippen LogP contribution is 2.16. The first kappa shape index (κ1) is 67.6. The molecule has 0 aromatic heterocycles. The van der Waals surface area contributed by atoms with Gasteiger partial charge in [-0.05, 0) is 96.3 Å². The molecular weight excluding hydrogens is 863 g/mol. The van der Waals surface area contributed by atoms with E-state index in [0.29, 0.717) is 19.4 Å². The number of aliphatic hydroxyl groups is 2. The van der Waals surface area contributed by atoms with Crippen LogP contribution in [0.2, 0.25) is 0 Å². The SMILES string of the molecule is CCCCCC/C=C\C/C=C\CCCCCCCCCC(=O)OCCCCC/C=C\C=C/CCCCCCCCC(=O)NC(CO)C(O)/C=C/CCCCCCCCCCCCCCCCCCCC. The van der Waals surface area contributed by atoms with Gasteiger partial charge in [0.05, 0.1) is 25.4 Å². The Bertz CT molecular complexity index is 1220. The zero-order valence-electron chi connectivity index (χ0n) is 46.5. The lowest BCUT2D eigenvalue weighted by Crippen LogP contribution is -2.45. The number of rotatable bonds is 56. The topological polar surface area (TPSA) is 95.9 Å². The minimum absolute atomic E-state index is 0.0305. The number of unbranched alkanes of at least 4 members (excludes halogenated alkanes) is 38. The van der Waals surface area contributed by atoms with Crippen molar-refractivity contribution in [1.29, 1.82) is 0 Å². The van der Waals surface area contributed by atoms with Gasteiger partial charge in [0.15, 0.2) is 0 Å². The molecule has 0 radical (unpaired) electrons. The van der Waals surface area contributed by atoms with Crippen molar-refractivity contribution in [3.63, 3.8) is 0 Å². The molecule has 6 nitrogen and oxygen atoms in total. The summed E-state index contributed by atoms with van der Waals surface area (Å²) >= 11 is 0. The lowest BCUT2D eigenvalue weighted by molar-refractivity contribution is -0.143. The number of allylic oxidation sites excluding steroid dienone is 9. The van der Waals surface area contributed by atoms with Crippen LogP contribution in [-0.4, -0.2) is 47.4 Å². The molecule has 0 aromatic carbocycles. The molecule has 0 spiro atoms. The molecule has 0 heterocycles. The van der Waals surface area contributed by atoms with Gasteiger partial charge in [0.1, 0.15) is 0 Å². The summed E-state index contributed by atoms with van der Waals surface area (Å²) in [5, 5.41) is 23.2. The molecule has 0 fully saturated rings. The van der Waals surface area contributed by atoms with Crippen molar-refractivity contribution in [3.05, 3.63) is 60.8 Å². The molecule has 2 unspecified atom stereocenters. The number of amides is 1. The zero-order chi connectivity index (χ0) is 50.7. The highest BCUT2D eigenvalue weighted by Gasteiger charge is 2.18. The molecule has 0 aliphatic carbocycles. The van der Waals surface area contributed by atoms with Gasteiger partial charge in [-0.2, -0.15) is 0 Å². The normalized spacial score (nSPS) is 13.0. The van der Waals surface area contributed by atoms with Crippen LogP contribution in [0.5, 0.6) is 0 Å². The summed E-state index contributed by atoms with van der Waals surface area (Å²) in [7, 11) is 0. The molecule has 0 aliphatic rings. The van der Waals surface area contributed by atoms with E-state index in [1.54, 1.807) is 6.08 Å². The molecule has 408 valence electrons. The van der Waals surface area contributed by atoms with E-state index in [0.717, 1.165) is 83.5 Å². The van der Waals surface area contributed by atoms with Gasteiger partial charge >= 0.3 is 5.97 Å². The summed E-state index contributed by atoms with van der Waals surface area (Å²) in [5.41, 5.74) is 0. The highest BCUT2D eigenvalue weighted by atomic mass is 16.5. The predicted octanol–water partition coefficient (Wildman–Crippen LogP) is 19.1. The number of carbonyl (C=O) groups is 2. The third kappa shape index (κ3) is 54.9. The lowest BCUT2D eigenvalue weighted by Gasteiger charge is -2.20. The first-order valence-electron chi connectivity index (χ1n) is 30.6. The van der Waals surface area contributed by atoms with Crippen LogP contribution in [0.3, 0.4) is 0 Å². The van der Waals surface area contributed by atoms with Gasteiger partial charge in [-0.25, -0.2) is 0 Å². The Hall–Kier alpha value is -2.44. The fourth-order valence-electron chi connectivity index (χ4n) is 9.07. The molecule has 6 heteroatoms. The molecule has 0 saturated heterocycles. The van der Waals surface area contributed by atoms with Gasteiger partial charge in [-0.3, -0.25) is 9.59 Å². The number of esters is 1. The van der Waals surface area contributed by atoms with Crippen LogP contribution in [0.4, 0.5) is 0 Å².